The summed E-state index contributed by atoms with van der Waals surface area (Å²) in [5.74, 6) is 0. The Bertz CT molecular complexity index is 62.1. The van der Waals surface area contributed by atoms with Crippen LogP contribution in [0.2, 0.25) is 0 Å². The molecule has 0 amide bonds. The molecule has 0 heterocycles. The Labute approximate surface area is 89.1 Å². The van der Waals surface area contributed by atoms with Crippen LogP contribution in [0.1, 0.15) is 39.0 Å². The van der Waals surface area contributed by atoms with Crippen molar-refractivity contribution in [3.8, 4) is 0 Å². The summed E-state index contributed by atoms with van der Waals surface area (Å²) in [6.45, 7) is 5.97. The molecule has 0 spiro atoms. The molecule has 2 N–H and O–H groups in total. The van der Waals surface area contributed by atoms with E-state index in [-0.39, 0.29) is 25.3 Å². The summed E-state index contributed by atoms with van der Waals surface area (Å²) in [4.78, 5) is 0. The molecular formula is C8H18OOsS. The SMILES string of the molecule is O.[CH2-]C[C@H]([S-])CCCCC.[Os+2]. The van der Waals surface area contributed by atoms with Crippen LogP contribution in [0.4, 0.5) is 0 Å². The van der Waals surface area contributed by atoms with Gasteiger partial charge in [-0.1, -0.05) is 32.6 Å². The monoisotopic (exact) mass is 354 g/mol. The summed E-state index contributed by atoms with van der Waals surface area (Å²) in [6, 6.07) is 0. The first kappa shape index (κ1) is 17.9. The van der Waals surface area contributed by atoms with Gasteiger partial charge in [0.1, 0.15) is 0 Å². The van der Waals surface area contributed by atoms with Gasteiger partial charge in [-0.05, 0) is 0 Å². The van der Waals surface area contributed by atoms with E-state index in [4.69, 9.17) is 12.6 Å². The Morgan fingerprint density at radius 1 is 1.36 bits per heavy atom. The second kappa shape index (κ2) is 13.5. The van der Waals surface area contributed by atoms with E-state index in [1.54, 1.807) is 0 Å². The molecule has 0 aromatic rings. The first-order chi connectivity index (χ1) is 4.31. The van der Waals surface area contributed by atoms with Crippen molar-refractivity contribution in [3.05, 3.63) is 6.92 Å². The molecule has 3 heteroatoms. The molecule has 0 bridgehead atoms. The molecule has 0 saturated heterocycles. The first-order valence-corrected chi connectivity index (χ1v) is 4.23. The van der Waals surface area contributed by atoms with Crippen LogP contribution in [0.15, 0.2) is 0 Å². The molecule has 0 aliphatic heterocycles. The van der Waals surface area contributed by atoms with Crippen molar-refractivity contribution in [2.45, 2.75) is 44.3 Å². The fraction of sp³-hybridized carbons (Fsp3) is 0.875. The van der Waals surface area contributed by atoms with Crippen molar-refractivity contribution in [2.75, 3.05) is 0 Å². The Balaban J connectivity index is -0.000000320. The van der Waals surface area contributed by atoms with E-state index in [9.17, 15) is 0 Å². The van der Waals surface area contributed by atoms with Crippen LogP contribution >= 0.6 is 0 Å². The summed E-state index contributed by atoms with van der Waals surface area (Å²) in [7, 11) is 0. The Morgan fingerprint density at radius 2 is 1.91 bits per heavy atom. The van der Waals surface area contributed by atoms with Gasteiger partial charge in [0, 0.05) is 0 Å². The third kappa shape index (κ3) is 13.9. The molecule has 1 atom stereocenters. The predicted molar refractivity (Wildman–Crippen MR) is 48.9 cm³/mol. The Morgan fingerprint density at radius 3 is 2.27 bits per heavy atom. The van der Waals surface area contributed by atoms with E-state index in [2.05, 4.69) is 13.8 Å². The van der Waals surface area contributed by atoms with Gasteiger partial charge in [-0.25, -0.2) is 6.42 Å². The van der Waals surface area contributed by atoms with Crippen molar-refractivity contribution < 1.29 is 25.3 Å². The fourth-order valence-electron chi connectivity index (χ4n) is 0.766. The number of hydrogen-bond donors (Lipinski definition) is 0. The zero-order valence-electron chi connectivity index (χ0n) is 7.08. The van der Waals surface area contributed by atoms with Gasteiger partial charge in [0.15, 0.2) is 0 Å². The van der Waals surface area contributed by atoms with Crippen LogP contribution < -0.4 is 0 Å². The maximum Gasteiger partial charge on any atom is 2.00 e. The van der Waals surface area contributed by atoms with E-state index in [1.165, 1.54) is 25.7 Å². The molecule has 0 radical (unpaired) electrons. The molecule has 0 aromatic heterocycles. The average molecular weight is 353 g/mol. The summed E-state index contributed by atoms with van der Waals surface area (Å²) >= 11 is 5.09. The van der Waals surface area contributed by atoms with Crippen molar-refractivity contribution >= 4 is 12.6 Å². The van der Waals surface area contributed by atoms with Crippen LogP contribution in [0.3, 0.4) is 0 Å². The first-order valence-electron chi connectivity index (χ1n) is 3.76. The van der Waals surface area contributed by atoms with Crippen LogP contribution in [0.25, 0.3) is 0 Å². The zero-order valence-corrected chi connectivity index (χ0v) is 10.4. The number of hydrogen-bond acceptors (Lipinski definition) is 1. The minimum absolute atomic E-state index is 0. The zero-order chi connectivity index (χ0) is 7.11. The van der Waals surface area contributed by atoms with Gasteiger partial charge in [-0.2, -0.15) is 5.25 Å². The third-order valence-corrected chi connectivity index (χ3v) is 1.92. The van der Waals surface area contributed by atoms with Crippen LogP contribution in [-0.2, 0) is 32.4 Å². The smallest absolute Gasteiger partial charge is 0.792 e. The van der Waals surface area contributed by atoms with Crippen molar-refractivity contribution in [1.29, 1.82) is 0 Å². The van der Waals surface area contributed by atoms with Gasteiger partial charge in [-0.3, -0.25) is 0 Å². The molecule has 0 aliphatic rings. The molecule has 70 valence electrons. The van der Waals surface area contributed by atoms with Crippen LogP contribution in [0.5, 0.6) is 0 Å². The molecule has 1 nitrogen and oxygen atoms in total. The van der Waals surface area contributed by atoms with Crippen LogP contribution in [0, 0.1) is 6.92 Å². The average Bonchev–Trinajstić information content (AvgIpc) is 1.89. The topological polar surface area (TPSA) is 31.5 Å². The maximum absolute atomic E-state index is 5.09. The normalized spacial score (nSPS) is 11.2. The second-order valence-corrected chi connectivity index (χ2v) is 3.07. The molecule has 0 aromatic carbocycles. The second-order valence-electron chi connectivity index (χ2n) is 2.41. The van der Waals surface area contributed by atoms with Crippen molar-refractivity contribution in [2.24, 2.45) is 0 Å². The van der Waals surface area contributed by atoms with Gasteiger partial charge in [-0.15, -0.1) is 0 Å². The van der Waals surface area contributed by atoms with Crippen molar-refractivity contribution in [3.63, 3.8) is 0 Å². The molecule has 0 unspecified atom stereocenters. The standard InChI is InChI=1S/C8H17S.H2O.Os/c1-3-5-6-7-8(9)4-2;;/h8-9H,2-7H2,1H3;1H2;/q-1;;+2/p-1/t8-;;/m0../s1. The Hall–Kier alpha value is 0.946. The van der Waals surface area contributed by atoms with Crippen LogP contribution in [-0.4, -0.2) is 10.7 Å². The minimum atomic E-state index is 0. The molecule has 11 heavy (non-hydrogen) atoms. The summed E-state index contributed by atoms with van der Waals surface area (Å²) in [5.41, 5.74) is 0. The largest absolute Gasteiger partial charge is 2.00 e. The van der Waals surface area contributed by atoms with E-state index in [1.807, 2.05) is 0 Å². The van der Waals surface area contributed by atoms with E-state index >= 15 is 0 Å². The van der Waals surface area contributed by atoms with Gasteiger partial charge in [0.05, 0.1) is 0 Å². The summed E-state index contributed by atoms with van der Waals surface area (Å²) in [6.07, 6.45) is 6.01. The summed E-state index contributed by atoms with van der Waals surface area (Å²) in [5, 5.41) is 0.427. The molecule has 0 saturated carbocycles. The molecular weight excluding hydrogens is 334 g/mol. The quantitative estimate of drug-likeness (QED) is 0.422. The molecule has 0 fully saturated rings. The van der Waals surface area contributed by atoms with Gasteiger partial charge >= 0.3 is 19.8 Å². The van der Waals surface area contributed by atoms with E-state index < -0.39 is 0 Å². The van der Waals surface area contributed by atoms with E-state index in [0.29, 0.717) is 5.25 Å². The van der Waals surface area contributed by atoms with E-state index in [0.717, 1.165) is 6.42 Å². The molecule has 0 aliphatic carbocycles. The Kier molecular flexibility index (Phi) is 22.0. The summed E-state index contributed by atoms with van der Waals surface area (Å²) < 4.78 is 0. The van der Waals surface area contributed by atoms with Gasteiger partial charge in [0.25, 0.3) is 0 Å². The minimum Gasteiger partial charge on any atom is -0.792 e. The number of rotatable bonds is 5. The van der Waals surface area contributed by atoms with Gasteiger partial charge < -0.3 is 25.0 Å². The number of unbranched alkanes of at least 4 members (excludes halogenated alkanes) is 2. The fourth-order valence-corrected chi connectivity index (χ4v) is 0.933. The molecule has 0 rings (SSSR count). The van der Waals surface area contributed by atoms with Crippen molar-refractivity contribution in [1.82, 2.24) is 0 Å². The maximum atomic E-state index is 5.09. The third-order valence-electron chi connectivity index (χ3n) is 1.45. The van der Waals surface area contributed by atoms with Gasteiger partial charge in [0.2, 0.25) is 0 Å². The predicted octanol–water partition coefficient (Wildman–Crippen LogP) is 1.88.